The first-order chi connectivity index (χ1) is 19.8. The molecule has 4 aromatic rings. The van der Waals surface area contributed by atoms with Crippen molar-refractivity contribution in [1.82, 2.24) is 24.8 Å². The Morgan fingerprint density at radius 3 is 2.76 bits per heavy atom. The number of pyridine rings is 1. The van der Waals surface area contributed by atoms with Gasteiger partial charge in [0.05, 0.1) is 22.5 Å². The zero-order valence-corrected chi connectivity index (χ0v) is 24.6. The number of hydrogen-bond donors (Lipinski definition) is 3. The van der Waals surface area contributed by atoms with Gasteiger partial charge in [-0.2, -0.15) is 0 Å². The summed E-state index contributed by atoms with van der Waals surface area (Å²) >= 11 is 1.71. The number of benzene rings is 1. The molecule has 41 heavy (non-hydrogen) atoms. The molecular weight excluding hydrogens is 560 g/mol. The molecule has 12 heteroatoms. The summed E-state index contributed by atoms with van der Waals surface area (Å²) in [4.78, 5) is 42.5. The highest BCUT2D eigenvalue weighted by Crippen LogP contribution is 2.32. The fraction of sp³-hybridized carbons (Fsp3) is 0.414. The number of H-pyrrole nitrogens is 2. The van der Waals surface area contributed by atoms with E-state index < -0.39 is 9.84 Å². The number of carbonyl (C=O) groups is 1. The predicted molar refractivity (Wildman–Crippen MR) is 162 cm³/mol. The topological polar surface area (TPSA) is 131 Å². The number of aromatic nitrogens is 3. The van der Waals surface area contributed by atoms with E-state index in [1.807, 2.05) is 29.2 Å². The lowest BCUT2D eigenvalue weighted by Crippen LogP contribution is -2.46. The number of nitrogens with one attached hydrogen (secondary N) is 3. The largest absolute Gasteiger partial charge is 0.384 e. The third kappa shape index (κ3) is 5.81. The van der Waals surface area contributed by atoms with Gasteiger partial charge in [-0.3, -0.25) is 9.59 Å². The van der Waals surface area contributed by atoms with Crippen LogP contribution in [0.25, 0.3) is 22.4 Å². The predicted octanol–water partition coefficient (Wildman–Crippen LogP) is 3.49. The lowest BCUT2D eigenvalue weighted by Gasteiger charge is -2.36. The number of anilines is 1. The average molecular weight is 595 g/mol. The molecule has 0 bridgehead atoms. The highest BCUT2D eigenvalue weighted by Gasteiger charge is 2.35. The van der Waals surface area contributed by atoms with Crippen LogP contribution in [0, 0.1) is 0 Å². The molecule has 0 aliphatic carbocycles. The molecule has 1 fully saturated rings. The zero-order valence-electron chi connectivity index (χ0n) is 23.0. The number of fused-ring (bicyclic) bond motifs is 2. The third-order valence-corrected chi connectivity index (χ3v) is 10.8. The lowest BCUT2D eigenvalue weighted by atomic mass is 10.0. The molecule has 0 spiro atoms. The summed E-state index contributed by atoms with van der Waals surface area (Å²) in [5.74, 6) is 0.827. The van der Waals surface area contributed by atoms with Crippen molar-refractivity contribution in [2.24, 2.45) is 0 Å². The number of piperidine rings is 1. The molecule has 1 amide bonds. The number of rotatable bonds is 10. The van der Waals surface area contributed by atoms with Gasteiger partial charge in [0, 0.05) is 61.2 Å². The third-order valence-electron chi connectivity index (χ3n) is 8.16. The number of amides is 1. The maximum absolute atomic E-state index is 13.4. The van der Waals surface area contributed by atoms with E-state index in [9.17, 15) is 18.0 Å². The Labute approximate surface area is 242 Å². The molecular formula is C29H34N6O4S2. The van der Waals surface area contributed by atoms with E-state index in [0.29, 0.717) is 47.8 Å². The van der Waals surface area contributed by atoms with Gasteiger partial charge in [0.15, 0.2) is 9.84 Å². The number of thiophene rings is 1. The molecule has 1 saturated heterocycles. The average Bonchev–Trinajstić information content (AvgIpc) is 3.70. The zero-order chi connectivity index (χ0) is 28.6. The van der Waals surface area contributed by atoms with Gasteiger partial charge in [-0.25, -0.2) is 13.4 Å². The summed E-state index contributed by atoms with van der Waals surface area (Å²) in [6, 6.07) is 9.90. The number of likely N-dealkylation sites (tertiary alicyclic amines) is 1. The number of aromatic amines is 2. The molecule has 10 nitrogen and oxygen atoms in total. The Balaban J connectivity index is 1.15. The Morgan fingerprint density at radius 2 is 2.00 bits per heavy atom. The lowest BCUT2D eigenvalue weighted by molar-refractivity contribution is 0.0603. The first-order valence-electron chi connectivity index (χ1n) is 14.1. The summed E-state index contributed by atoms with van der Waals surface area (Å²) in [7, 11) is -2.98. The molecule has 2 aliphatic rings. The Bertz CT molecular complexity index is 1720. The van der Waals surface area contributed by atoms with Crippen LogP contribution in [-0.2, 0) is 22.8 Å². The van der Waals surface area contributed by atoms with Crippen LogP contribution in [0.5, 0.6) is 0 Å². The number of nitrogens with zero attached hydrogens (tertiary/aromatic N) is 3. The minimum absolute atomic E-state index is 0.00644. The van der Waals surface area contributed by atoms with E-state index in [4.69, 9.17) is 4.98 Å². The molecule has 3 N–H and O–H groups in total. The van der Waals surface area contributed by atoms with Crippen molar-refractivity contribution in [3.05, 3.63) is 68.3 Å². The highest BCUT2D eigenvalue weighted by atomic mass is 32.2. The highest BCUT2D eigenvalue weighted by molar-refractivity contribution is 7.91. The molecule has 6 rings (SSSR count). The van der Waals surface area contributed by atoms with Crippen molar-refractivity contribution >= 4 is 43.8 Å². The normalized spacial score (nSPS) is 16.5. The quantitative estimate of drug-likeness (QED) is 0.256. The summed E-state index contributed by atoms with van der Waals surface area (Å²) in [5, 5.41) is 5.44. The fourth-order valence-electron chi connectivity index (χ4n) is 5.76. The van der Waals surface area contributed by atoms with Crippen LogP contribution in [0.3, 0.4) is 0 Å². The van der Waals surface area contributed by atoms with Crippen LogP contribution in [-0.4, -0.2) is 82.8 Å². The maximum atomic E-state index is 13.4. The molecule has 5 heterocycles. The van der Waals surface area contributed by atoms with Crippen molar-refractivity contribution in [1.29, 1.82) is 0 Å². The molecule has 0 atom stereocenters. The summed E-state index contributed by atoms with van der Waals surface area (Å²) in [6.45, 7) is 5.02. The van der Waals surface area contributed by atoms with Crippen LogP contribution in [0.2, 0.25) is 0 Å². The van der Waals surface area contributed by atoms with Crippen LogP contribution >= 0.6 is 11.3 Å². The number of imidazole rings is 1. The standard InChI is InChI=1S/C29H34N6O4S2/c1-2-41(38,39)15-13-34-11-7-20(8-12-34)35-18-19-16-24-25(17-22(19)29(35)37)33-27(32-24)26-23(6-10-31-28(26)36)30-9-5-21-4-3-14-40-21/h3-4,6,10,14,16-17,20H,2,5,7-9,11-13,15,18H2,1H3,(H,32,33)(H2,30,31,36). The van der Waals surface area contributed by atoms with E-state index >= 15 is 0 Å². The Hall–Kier alpha value is -3.48. The van der Waals surface area contributed by atoms with Crippen LogP contribution in [0.4, 0.5) is 5.69 Å². The van der Waals surface area contributed by atoms with Crippen molar-refractivity contribution in [3.8, 4) is 11.4 Å². The van der Waals surface area contributed by atoms with Gasteiger partial charge >= 0.3 is 0 Å². The van der Waals surface area contributed by atoms with Gasteiger partial charge in [0.2, 0.25) is 0 Å². The molecule has 2 aliphatic heterocycles. The molecule has 0 saturated carbocycles. The summed E-state index contributed by atoms with van der Waals surface area (Å²) in [5.41, 5.74) is 3.95. The molecule has 0 radical (unpaired) electrons. The van der Waals surface area contributed by atoms with Gasteiger partial charge in [0.25, 0.3) is 11.5 Å². The summed E-state index contributed by atoms with van der Waals surface area (Å²) < 4.78 is 23.7. The van der Waals surface area contributed by atoms with Gasteiger partial charge in [-0.15, -0.1) is 11.3 Å². The van der Waals surface area contributed by atoms with E-state index in [0.717, 1.165) is 43.4 Å². The minimum Gasteiger partial charge on any atom is -0.384 e. The first kappa shape index (κ1) is 27.7. The smallest absolute Gasteiger partial charge is 0.261 e. The molecule has 216 valence electrons. The van der Waals surface area contributed by atoms with Crippen LogP contribution in [0.15, 0.2) is 46.7 Å². The van der Waals surface area contributed by atoms with Crippen molar-refractivity contribution in [2.75, 3.05) is 43.0 Å². The fourth-order valence-corrected chi connectivity index (χ4v) is 7.29. The van der Waals surface area contributed by atoms with Gasteiger partial charge < -0.3 is 25.1 Å². The number of carbonyl (C=O) groups excluding carboxylic acids is 1. The van der Waals surface area contributed by atoms with E-state index in [1.165, 1.54) is 4.88 Å². The van der Waals surface area contributed by atoms with Gasteiger partial charge in [0.1, 0.15) is 11.4 Å². The summed E-state index contributed by atoms with van der Waals surface area (Å²) in [6.07, 6.45) is 4.13. The Kier molecular flexibility index (Phi) is 7.71. The van der Waals surface area contributed by atoms with Gasteiger partial charge in [-0.1, -0.05) is 13.0 Å². The number of sulfone groups is 1. The van der Waals surface area contributed by atoms with E-state index in [2.05, 4.69) is 31.6 Å². The van der Waals surface area contributed by atoms with Crippen LogP contribution in [0.1, 0.15) is 40.6 Å². The number of hydrogen-bond acceptors (Lipinski definition) is 8. The second kappa shape index (κ2) is 11.4. The first-order valence-corrected chi connectivity index (χ1v) is 16.8. The van der Waals surface area contributed by atoms with Crippen molar-refractivity contribution in [2.45, 2.75) is 38.8 Å². The van der Waals surface area contributed by atoms with E-state index in [-0.39, 0.29) is 29.0 Å². The monoisotopic (exact) mass is 594 g/mol. The van der Waals surface area contributed by atoms with Crippen molar-refractivity contribution in [3.63, 3.8) is 0 Å². The van der Waals surface area contributed by atoms with Crippen molar-refractivity contribution < 1.29 is 13.2 Å². The molecule has 3 aromatic heterocycles. The second-order valence-electron chi connectivity index (χ2n) is 10.7. The van der Waals surface area contributed by atoms with Crippen LogP contribution < -0.4 is 10.9 Å². The molecule has 0 unspecified atom stereocenters. The maximum Gasteiger partial charge on any atom is 0.261 e. The minimum atomic E-state index is -2.98. The Morgan fingerprint density at radius 1 is 1.17 bits per heavy atom. The van der Waals surface area contributed by atoms with Gasteiger partial charge in [-0.05, 0) is 54.5 Å². The molecule has 1 aromatic carbocycles. The SMILES string of the molecule is CCS(=O)(=O)CCN1CCC(N2Cc3cc4[nH]c(-c5c(NCCc6cccs6)cc[nH]c5=O)nc4cc3C2=O)CC1. The van der Waals surface area contributed by atoms with E-state index in [1.54, 1.807) is 24.5 Å². The second-order valence-corrected chi connectivity index (χ2v) is 14.2.